The molecule has 17 heteroatoms. The second kappa shape index (κ2) is 9.76. The Morgan fingerprint density at radius 2 is 2.15 bits per heavy atom. The van der Waals surface area contributed by atoms with Crippen LogP contribution in [0.25, 0.3) is 0 Å². The molecule has 0 radical (unpaired) electrons. The van der Waals surface area contributed by atoms with Crippen molar-refractivity contribution in [3.05, 3.63) is 35.1 Å². The summed E-state index contributed by atoms with van der Waals surface area (Å²) in [4.78, 5) is 37.4. The lowest BCUT2D eigenvalue weighted by Gasteiger charge is -2.35. The van der Waals surface area contributed by atoms with Gasteiger partial charge in [0.2, 0.25) is 0 Å². The minimum Gasteiger partial charge on any atom is -0.488 e. The molecule has 33 heavy (non-hydrogen) atoms. The molecule has 0 aliphatic carbocycles. The quantitative estimate of drug-likeness (QED) is 0.0620. The van der Waals surface area contributed by atoms with Crippen molar-refractivity contribution in [3.63, 3.8) is 0 Å². The molecule has 1 fully saturated rings. The minimum atomic E-state index is -4.69. The van der Waals surface area contributed by atoms with E-state index in [4.69, 9.17) is 31.0 Å². The van der Waals surface area contributed by atoms with E-state index < -0.39 is 34.7 Å². The van der Waals surface area contributed by atoms with Gasteiger partial charge in [-0.15, -0.1) is 11.3 Å². The molecule has 1 saturated heterocycles. The first-order chi connectivity index (χ1) is 15.6. The molecule has 2 aromatic heterocycles. The predicted octanol–water partition coefficient (Wildman–Crippen LogP) is -1.67. The van der Waals surface area contributed by atoms with Gasteiger partial charge in [-0.1, -0.05) is 5.16 Å². The maximum Gasteiger partial charge on any atom is 0.362 e. The maximum absolute atomic E-state index is 12.6. The van der Waals surface area contributed by atoms with Gasteiger partial charge in [-0.25, -0.2) is 14.3 Å². The van der Waals surface area contributed by atoms with Crippen molar-refractivity contribution in [2.45, 2.75) is 6.04 Å². The van der Waals surface area contributed by atoms with Gasteiger partial charge in [0.1, 0.15) is 35.6 Å². The number of carbonyl (C=O) groups is 2. The molecule has 2 amide bonds. The van der Waals surface area contributed by atoms with E-state index in [-0.39, 0.29) is 39.9 Å². The van der Waals surface area contributed by atoms with Crippen LogP contribution in [0.2, 0.25) is 0 Å². The lowest BCUT2D eigenvalue weighted by Crippen LogP contribution is -2.65. The number of β-lactam (4-membered cyclic amide) rings is 1. The van der Waals surface area contributed by atoms with Gasteiger partial charge in [-0.05, 0) is 12.1 Å². The molecule has 0 spiro atoms. The van der Waals surface area contributed by atoms with Gasteiger partial charge in [-0.3, -0.25) is 19.6 Å². The molecule has 2 aromatic rings. The summed E-state index contributed by atoms with van der Waals surface area (Å²) in [6, 6.07) is 1.90. The highest BCUT2D eigenvalue weighted by Crippen LogP contribution is 2.16. The number of ether oxygens (including phenoxy) is 1. The van der Waals surface area contributed by atoms with E-state index in [1.54, 1.807) is 6.07 Å². The first kappa shape index (κ1) is 23.8. The van der Waals surface area contributed by atoms with Crippen LogP contribution >= 0.6 is 11.3 Å². The summed E-state index contributed by atoms with van der Waals surface area (Å²) < 4.78 is 36.6. The molecule has 176 valence electrons. The monoisotopic (exact) mass is 498 g/mol. The van der Waals surface area contributed by atoms with Gasteiger partial charge >= 0.3 is 10.3 Å². The van der Waals surface area contributed by atoms with Crippen LogP contribution in [0.3, 0.4) is 0 Å². The Balaban J connectivity index is 1.58. The molecule has 3 rings (SSSR count). The van der Waals surface area contributed by atoms with Gasteiger partial charge in [0.05, 0.1) is 12.7 Å². The molecule has 1 aliphatic heterocycles. The van der Waals surface area contributed by atoms with Crippen LogP contribution in [0, 0.1) is 5.41 Å². The van der Waals surface area contributed by atoms with Crippen molar-refractivity contribution < 1.29 is 32.1 Å². The number of hydrogen-bond donors (Lipinski definition) is 5. The first-order valence-corrected chi connectivity index (χ1v) is 11.3. The Morgan fingerprint density at radius 1 is 1.39 bits per heavy atom. The zero-order chi connectivity index (χ0) is 24.2. The van der Waals surface area contributed by atoms with Crippen molar-refractivity contribution in [1.29, 1.82) is 5.41 Å². The molecule has 0 unspecified atom stereocenters. The average molecular weight is 499 g/mol. The lowest BCUT2D eigenvalue weighted by molar-refractivity contribution is -0.139. The SMILES string of the molecule is N=C(N)c1ccc(OCCO/N=C(\C(=O)N[C@H]2CN(S(=O)(=O)O)C2=O)c2csc(N)n2)cn1. The summed E-state index contributed by atoms with van der Waals surface area (Å²) in [6.45, 7) is -0.478. The standard InChI is InChI=1S/C16H18N8O7S2/c17-13(18)9-2-1-8(5-20-9)30-3-4-31-23-12(11-7-32-16(19)22-11)14(25)21-10-6-24(15(10)26)33(27,28)29/h1-2,5,7,10H,3-4,6H2,(H3,17,18)(H2,19,22)(H,21,25)(H,27,28,29)/b23-12-/t10-/m0/s1. The normalized spacial score (nSPS) is 16.2. The highest BCUT2D eigenvalue weighted by molar-refractivity contribution is 7.84. The Bertz CT molecular complexity index is 1200. The van der Waals surface area contributed by atoms with Crippen LogP contribution in [0.4, 0.5) is 5.13 Å². The first-order valence-electron chi connectivity index (χ1n) is 9.00. The summed E-state index contributed by atoms with van der Waals surface area (Å²) in [7, 11) is -4.69. The second-order valence-electron chi connectivity index (χ2n) is 6.36. The molecule has 0 aromatic carbocycles. The third kappa shape index (κ3) is 5.90. The summed E-state index contributed by atoms with van der Waals surface area (Å²) >= 11 is 1.04. The summed E-state index contributed by atoms with van der Waals surface area (Å²) in [5.41, 5.74) is 11.0. The highest BCUT2D eigenvalue weighted by atomic mass is 32.2. The molecule has 0 saturated carbocycles. The number of anilines is 1. The fraction of sp³-hybridized carbons (Fsp3) is 0.250. The molecular weight excluding hydrogens is 480 g/mol. The number of nitrogens with two attached hydrogens (primary N) is 2. The van der Waals surface area contributed by atoms with Gasteiger partial charge in [0.25, 0.3) is 11.8 Å². The third-order valence-corrected chi connectivity index (χ3v) is 5.63. The number of thiazole rings is 1. The van der Waals surface area contributed by atoms with E-state index >= 15 is 0 Å². The van der Waals surface area contributed by atoms with E-state index in [9.17, 15) is 18.0 Å². The summed E-state index contributed by atoms with van der Waals surface area (Å²) in [6.07, 6.45) is 1.38. The number of oxime groups is 1. The summed E-state index contributed by atoms with van der Waals surface area (Å²) in [5.74, 6) is -1.65. The number of amidine groups is 1. The van der Waals surface area contributed by atoms with Crippen LogP contribution in [0.1, 0.15) is 11.4 Å². The van der Waals surface area contributed by atoms with E-state index in [2.05, 4.69) is 20.4 Å². The molecule has 0 bridgehead atoms. The number of amides is 2. The number of carbonyl (C=O) groups excluding carboxylic acids is 2. The Labute approximate surface area is 190 Å². The van der Waals surface area contributed by atoms with Crippen LogP contribution in [0.15, 0.2) is 28.9 Å². The van der Waals surface area contributed by atoms with Crippen LogP contribution in [0.5, 0.6) is 5.75 Å². The zero-order valence-corrected chi connectivity index (χ0v) is 18.3. The van der Waals surface area contributed by atoms with E-state index in [0.717, 1.165) is 11.3 Å². The minimum absolute atomic E-state index is 0.0309. The Kier molecular flexibility index (Phi) is 7.04. The van der Waals surface area contributed by atoms with Gasteiger partial charge in [0.15, 0.2) is 17.5 Å². The molecule has 7 N–H and O–H groups in total. The summed E-state index contributed by atoms with van der Waals surface area (Å²) in [5, 5.41) is 14.9. The second-order valence-corrected chi connectivity index (χ2v) is 8.58. The Hall–Kier alpha value is -3.83. The highest BCUT2D eigenvalue weighted by Gasteiger charge is 2.45. The van der Waals surface area contributed by atoms with E-state index in [1.807, 2.05) is 0 Å². The number of aromatic nitrogens is 2. The number of nitrogens with zero attached hydrogens (tertiary/aromatic N) is 4. The van der Waals surface area contributed by atoms with Gasteiger partial charge in [0, 0.05) is 5.38 Å². The predicted molar refractivity (Wildman–Crippen MR) is 115 cm³/mol. The van der Waals surface area contributed by atoms with E-state index in [1.165, 1.54) is 17.6 Å². The Morgan fingerprint density at radius 3 is 2.70 bits per heavy atom. The number of hydrogen-bond acceptors (Lipinski definition) is 12. The molecular formula is C16H18N8O7S2. The van der Waals surface area contributed by atoms with Crippen molar-refractivity contribution in [2.24, 2.45) is 10.9 Å². The zero-order valence-electron chi connectivity index (χ0n) is 16.7. The van der Waals surface area contributed by atoms with Gasteiger partial charge < -0.3 is 26.4 Å². The number of pyridine rings is 1. The van der Waals surface area contributed by atoms with E-state index in [0.29, 0.717) is 11.4 Å². The maximum atomic E-state index is 12.6. The average Bonchev–Trinajstić information content (AvgIpc) is 3.18. The third-order valence-electron chi connectivity index (χ3n) is 4.07. The van der Waals surface area contributed by atoms with Crippen molar-refractivity contribution in [1.82, 2.24) is 19.6 Å². The number of nitrogen functional groups attached to an aromatic ring is 2. The largest absolute Gasteiger partial charge is 0.488 e. The molecule has 1 atom stereocenters. The van der Waals surface area contributed by atoms with Crippen LogP contribution in [-0.2, 0) is 24.7 Å². The fourth-order valence-electron chi connectivity index (χ4n) is 2.47. The molecule has 3 heterocycles. The lowest BCUT2D eigenvalue weighted by atomic mass is 10.1. The van der Waals surface area contributed by atoms with Crippen molar-refractivity contribution >= 4 is 50.1 Å². The number of rotatable bonds is 10. The van der Waals surface area contributed by atoms with Crippen LogP contribution < -0.4 is 21.5 Å². The van der Waals surface area contributed by atoms with Crippen LogP contribution in [-0.4, -0.2) is 76.4 Å². The van der Waals surface area contributed by atoms with Crippen molar-refractivity contribution in [3.8, 4) is 5.75 Å². The topological polar surface area (TPSA) is 236 Å². The fourth-order valence-corrected chi connectivity index (χ4v) is 3.71. The number of nitrogens with one attached hydrogen (secondary N) is 2. The molecule has 1 aliphatic rings. The molecule has 15 nitrogen and oxygen atoms in total. The smallest absolute Gasteiger partial charge is 0.362 e. The van der Waals surface area contributed by atoms with Crippen molar-refractivity contribution in [2.75, 3.05) is 25.5 Å². The van der Waals surface area contributed by atoms with Gasteiger partial charge in [-0.2, -0.15) is 8.42 Å².